The van der Waals surface area contributed by atoms with Crippen LogP contribution in [0.5, 0.6) is 5.75 Å². The highest BCUT2D eigenvalue weighted by Crippen LogP contribution is 2.26. The van der Waals surface area contributed by atoms with Gasteiger partial charge in [-0.15, -0.1) is 11.3 Å². The lowest BCUT2D eigenvalue weighted by Gasteiger charge is -2.30. The highest BCUT2D eigenvalue weighted by molar-refractivity contribution is 7.91. The fourth-order valence-electron chi connectivity index (χ4n) is 3.68. The molecule has 0 unspecified atom stereocenters. The zero-order valence-electron chi connectivity index (χ0n) is 17.9. The van der Waals surface area contributed by atoms with Gasteiger partial charge in [-0.3, -0.25) is 4.79 Å². The van der Waals surface area contributed by atoms with E-state index in [4.69, 9.17) is 4.74 Å². The topological polar surface area (TPSA) is 75.7 Å². The predicted molar refractivity (Wildman–Crippen MR) is 125 cm³/mol. The molecular weight excluding hydrogens is 463 g/mol. The smallest absolute Gasteiger partial charge is 0.252 e. The summed E-state index contributed by atoms with van der Waals surface area (Å²) in [5.41, 5.74) is 1.82. The number of halogens is 1. The molecule has 1 fully saturated rings. The Morgan fingerprint density at radius 3 is 2.33 bits per heavy atom. The second-order valence-corrected chi connectivity index (χ2v) is 11.0. The quantitative estimate of drug-likeness (QED) is 0.516. The summed E-state index contributed by atoms with van der Waals surface area (Å²) in [5.74, 6) is 0.158. The normalized spacial score (nSPS) is 15.3. The molecule has 0 saturated carbocycles. The van der Waals surface area contributed by atoms with Crippen LogP contribution >= 0.6 is 11.3 Å². The van der Waals surface area contributed by atoms with Crippen LogP contribution in [0.25, 0.3) is 0 Å². The summed E-state index contributed by atoms with van der Waals surface area (Å²) < 4.78 is 45.7. The zero-order valence-corrected chi connectivity index (χ0v) is 19.6. The van der Waals surface area contributed by atoms with Gasteiger partial charge in [0.25, 0.3) is 10.0 Å². The van der Waals surface area contributed by atoms with Gasteiger partial charge in [-0.2, -0.15) is 4.31 Å². The summed E-state index contributed by atoms with van der Waals surface area (Å²) in [6.07, 6.45) is 1.01. The van der Waals surface area contributed by atoms with Crippen LogP contribution in [0.1, 0.15) is 24.0 Å². The van der Waals surface area contributed by atoms with Gasteiger partial charge in [-0.25, -0.2) is 12.8 Å². The number of carbonyl (C=O) groups is 1. The molecule has 0 atom stereocenters. The van der Waals surface area contributed by atoms with Crippen molar-refractivity contribution in [2.24, 2.45) is 5.92 Å². The second kappa shape index (κ2) is 10.5. The van der Waals surface area contributed by atoms with Crippen LogP contribution in [0.3, 0.4) is 0 Å². The number of nitrogens with zero attached hydrogens (tertiary/aromatic N) is 1. The Morgan fingerprint density at radius 2 is 1.70 bits per heavy atom. The molecule has 3 aromatic rings. The van der Waals surface area contributed by atoms with Crippen molar-refractivity contribution in [3.8, 4) is 5.75 Å². The van der Waals surface area contributed by atoms with Gasteiger partial charge in [0.05, 0.1) is 0 Å². The largest absolute Gasteiger partial charge is 0.489 e. The van der Waals surface area contributed by atoms with Crippen LogP contribution in [0.4, 0.5) is 4.39 Å². The van der Waals surface area contributed by atoms with Crippen molar-refractivity contribution in [1.82, 2.24) is 9.62 Å². The van der Waals surface area contributed by atoms with Crippen molar-refractivity contribution in [2.45, 2.75) is 30.2 Å². The number of ether oxygens (including phenoxy) is 1. The zero-order chi connectivity index (χ0) is 23.3. The van der Waals surface area contributed by atoms with E-state index in [1.54, 1.807) is 29.6 Å². The first-order valence-electron chi connectivity index (χ1n) is 10.7. The Balaban J connectivity index is 1.22. The molecule has 33 heavy (non-hydrogen) atoms. The Labute approximate surface area is 197 Å². The highest BCUT2D eigenvalue weighted by atomic mass is 32.2. The summed E-state index contributed by atoms with van der Waals surface area (Å²) in [4.78, 5) is 12.6. The lowest BCUT2D eigenvalue weighted by atomic mass is 9.97. The first-order valence-corrected chi connectivity index (χ1v) is 13.0. The van der Waals surface area contributed by atoms with E-state index >= 15 is 0 Å². The Kier molecular flexibility index (Phi) is 7.42. The van der Waals surface area contributed by atoms with Crippen molar-refractivity contribution in [3.63, 3.8) is 0 Å². The number of benzene rings is 2. The first kappa shape index (κ1) is 23.4. The van der Waals surface area contributed by atoms with Crippen molar-refractivity contribution in [1.29, 1.82) is 0 Å². The van der Waals surface area contributed by atoms with E-state index in [0.29, 0.717) is 49.0 Å². The number of amides is 1. The molecule has 1 aromatic heterocycles. The summed E-state index contributed by atoms with van der Waals surface area (Å²) in [7, 11) is -3.46. The van der Waals surface area contributed by atoms with Gasteiger partial charge >= 0.3 is 0 Å². The minimum atomic E-state index is -3.46. The molecule has 0 radical (unpaired) electrons. The lowest BCUT2D eigenvalue weighted by Crippen LogP contribution is -2.42. The summed E-state index contributed by atoms with van der Waals surface area (Å²) in [6.45, 7) is 1.43. The number of nitrogens with one attached hydrogen (secondary N) is 1. The van der Waals surface area contributed by atoms with Crippen molar-refractivity contribution in [2.75, 3.05) is 13.1 Å². The monoisotopic (exact) mass is 488 g/mol. The van der Waals surface area contributed by atoms with Crippen LogP contribution in [0.2, 0.25) is 0 Å². The lowest BCUT2D eigenvalue weighted by molar-refractivity contribution is -0.126. The van der Waals surface area contributed by atoms with Crippen LogP contribution < -0.4 is 10.1 Å². The average molecular weight is 489 g/mol. The molecule has 1 amide bonds. The second-order valence-electron chi connectivity index (χ2n) is 7.89. The Hall–Kier alpha value is -2.75. The molecule has 0 bridgehead atoms. The predicted octanol–water partition coefficient (Wildman–Crippen LogP) is 4.18. The molecule has 0 spiro atoms. The third-order valence-corrected chi connectivity index (χ3v) is 8.89. The molecule has 1 N–H and O–H groups in total. The molecular formula is C24H25FN2O4S2. The fraction of sp³-hybridized carbons (Fsp3) is 0.292. The number of piperidine rings is 1. The number of thiophene rings is 1. The number of rotatable bonds is 8. The summed E-state index contributed by atoms with van der Waals surface area (Å²) >= 11 is 1.21. The SMILES string of the molecule is O=C(NCc1ccc(OCc2ccc(F)cc2)cc1)C1CCN(S(=O)(=O)c2cccs2)CC1. The first-order chi connectivity index (χ1) is 15.9. The summed E-state index contributed by atoms with van der Waals surface area (Å²) in [6, 6.07) is 16.9. The van der Waals surface area contributed by atoms with Gasteiger partial charge in [0.1, 0.15) is 22.4 Å². The van der Waals surface area contributed by atoms with E-state index in [-0.39, 0.29) is 17.6 Å². The Bertz CT molecular complexity index is 1160. The van der Waals surface area contributed by atoms with E-state index in [0.717, 1.165) is 11.1 Å². The van der Waals surface area contributed by atoms with E-state index in [1.165, 1.54) is 27.8 Å². The average Bonchev–Trinajstić information content (AvgIpc) is 3.39. The van der Waals surface area contributed by atoms with Gasteiger partial charge in [-0.1, -0.05) is 30.3 Å². The third kappa shape index (κ3) is 5.98. The maximum atomic E-state index is 13.0. The minimum absolute atomic E-state index is 0.0557. The highest BCUT2D eigenvalue weighted by Gasteiger charge is 2.32. The molecule has 174 valence electrons. The van der Waals surface area contributed by atoms with E-state index < -0.39 is 10.0 Å². The molecule has 2 heterocycles. The molecule has 9 heteroatoms. The van der Waals surface area contributed by atoms with Crippen molar-refractivity contribution in [3.05, 3.63) is 83.0 Å². The van der Waals surface area contributed by atoms with Crippen LogP contribution in [0, 0.1) is 11.7 Å². The van der Waals surface area contributed by atoms with Crippen LogP contribution in [-0.2, 0) is 28.0 Å². The number of hydrogen-bond donors (Lipinski definition) is 1. The number of hydrogen-bond acceptors (Lipinski definition) is 5. The van der Waals surface area contributed by atoms with Crippen LogP contribution in [-0.4, -0.2) is 31.7 Å². The molecule has 0 aliphatic carbocycles. The standard InChI is InChI=1S/C24H25FN2O4S2/c25-21-7-3-19(4-8-21)17-31-22-9-5-18(6-10-22)16-26-24(28)20-11-13-27(14-12-20)33(29,30)23-2-1-15-32-23/h1-10,15,20H,11-14,16-17H2,(H,26,28). The van der Waals surface area contributed by atoms with Gasteiger partial charge in [0.2, 0.25) is 5.91 Å². The van der Waals surface area contributed by atoms with E-state index in [9.17, 15) is 17.6 Å². The minimum Gasteiger partial charge on any atom is -0.489 e. The molecule has 4 rings (SSSR count). The number of sulfonamides is 1. The van der Waals surface area contributed by atoms with Gasteiger partial charge < -0.3 is 10.1 Å². The van der Waals surface area contributed by atoms with Crippen molar-refractivity contribution >= 4 is 27.3 Å². The van der Waals surface area contributed by atoms with Gasteiger partial charge in [0.15, 0.2) is 0 Å². The molecule has 6 nitrogen and oxygen atoms in total. The fourth-order valence-corrected chi connectivity index (χ4v) is 6.29. The molecule has 2 aromatic carbocycles. The van der Waals surface area contributed by atoms with Crippen LogP contribution in [0.15, 0.2) is 70.3 Å². The Morgan fingerprint density at radius 1 is 1.03 bits per heavy atom. The van der Waals surface area contributed by atoms with E-state index in [2.05, 4.69) is 5.32 Å². The van der Waals surface area contributed by atoms with E-state index in [1.807, 2.05) is 24.3 Å². The third-order valence-electron chi connectivity index (χ3n) is 5.62. The maximum absolute atomic E-state index is 13.0. The molecule has 1 saturated heterocycles. The van der Waals surface area contributed by atoms with Crippen molar-refractivity contribution < 1.29 is 22.3 Å². The molecule has 1 aliphatic rings. The molecule has 1 aliphatic heterocycles. The van der Waals surface area contributed by atoms with Gasteiger partial charge in [0, 0.05) is 25.6 Å². The summed E-state index contributed by atoms with van der Waals surface area (Å²) in [5, 5.41) is 4.70. The van der Waals surface area contributed by atoms with Gasteiger partial charge in [-0.05, 0) is 59.7 Å². The maximum Gasteiger partial charge on any atom is 0.252 e. The number of carbonyl (C=O) groups excluding carboxylic acids is 1.